The van der Waals surface area contributed by atoms with Gasteiger partial charge in [-0.3, -0.25) is 0 Å². The van der Waals surface area contributed by atoms with Gasteiger partial charge in [0.05, 0.1) is 0 Å². The van der Waals surface area contributed by atoms with Gasteiger partial charge in [0.15, 0.2) is 0 Å². The molecule has 0 saturated heterocycles. The number of rotatable bonds is 0. The van der Waals surface area contributed by atoms with Crippen molar-refractivity contribution in [2.45, 2.75) is 44.9 Å². The van der Waals surface area contributed by atoms with Crippen molar-refractivity contribution in [3.05, 3.63) is 33.8 Å². The quantitative estimate of drug-likeness (QED) is 0.641. The molecule has 0 N–H and O–H groups in total. The van der Waals surface area contributed by atoms with E-state index in [2.05, 4.69) is 54.9 Å². The molecule has 80 valence electrons. The number of benzene rings is 1. The van der Waals surface area contributed by atoms with Crippen LogP contribution in [0.2, 0.25) is 0 Å². The predicted octanol–water partition coefficient (Wildman–Crippen LogP) is 4.62. The van der Waals surface area contributed by atoms with Crippen LogP contribution in [0, 0.1) is 5.41 Å². The summed E-state index contributed by atoms with van der Waals surface area (Å²) in [7, 11) is 0. The van der Waals surface area contributed by atoms with Gasteiger partial charge in [-0.1, -0.05) is 42.8 Å². The second-order valence-corrected chi connectivity index (χ2v) is 6.79. The van der Waals surface area contributed by atoms with E-state index in [9.17, 15) is 0 Å². The number of hydrogen-bond donors (Lipinski definition) is 0. The Hall–Kier alpha value is -0.300. The second-order valence-electron chi connectivity index (χ2n) is 5.88. The summed E-state index contributed by atoms with van der Waals surface area (Å²) >= 11 is 3.59. The molecule has 0 radical (unpaired) electrons. The largest absolute Gasteiger partial charge is 0.0585 e. The predicted molar refractivity (Wildman–Crippen MR) is 67.3 cm³/mol. The average molecular weight is 265 g/mol. The molecule has 2 aliphatic rings. The van der Waals surface area contributed by atoms with E-state index in [0.29, 0.717) is 10.8 Å². The van der Waals surface area contributed by atoms with Crippen molar-refractivity contribution in [1.29, 1.82) is 0 Å². The third-order valence-corrected chi connectivity index (χ3v) is 5.70. The number of halogens is 1. The Morgan fingerprint density at radius 3 is 2.73 bits per heavy atom. The Bertz CT molecular complexity index is 433. The zero-order valence-corrected chi connectivity index (χ0v) is 11.2. The summed E-state index contributed by atoms with van der Waals surface area (Å²) in [4.78, 5) is 0. The van der Waals surface area contributed by atoms with Crippen molar-refractivity contribution in [3.63, 3.8) is 0 Å². The monoisotopic (exact) mass is 264 g/mol. The van der Waals surface area contributed by atoms with E-state index in [0.717, 1.165) is 5.92 Å². The van der Waals surface area contributed by atoms with Gasteiger partial charge in [-0.25, -0.2) is 0 Å². The molecule has 2 unspecified atom stereocenters. The summed E-state index contributed by atoms with van der Waals surface area (Å²) in [6.45, 7) is 7.34. The zero-order chi connectivity index (χ0) is 10.8. The highest BCUT2D eigenvalue weighted by Crippen LogP contribution is 2.67. The lowest BCUT2D eigenvalue weighted by Crippen LogP contribution is -2.31. The fraction of sp³-hybridized carbons (Fsp3) is 0.571. The molecule has 2 bridgehead atoms. The van der Waals surface area contributed by atoms with Gasteiger partial charge in [-0.2, -0.15) is 0 Å². The third-order valence-electron chi connectivity index (χ3n) is 5.21. The number of hydrogen-bond acceptors (Lipinski definition) is 0. The van der Waals surface area contributed by atoms with Crippen molar-refractivity contribution in [3.8, 4) is 0 Å². The fourth-order valence-electron chi connectivity index (χ4n) is 3.85. The Balaban J connectivity index is 2.29. The molecule has 2 atom stereocenters. The first-order valence-corrected chi connectivity index (χ1v) is 6.56. The summed E-state index contributed by atoms with van der Waals surface area (Å²) in [6, 6.07) is 6.87. The molecule has 1 fully saturated rings. The molecule has 1 heteroatoms. The minimum absolute atomic E-state index is 0.410. The minimum Gasteiger partial charge on any atom is -0.0585 e. The first-order chi connectivity index (χ1) is 6.97. The van der Waals surface area contributed by atoms with Crippen molar-refractivity contribution in [1.82, 2.24) is 0 Å². The lowest BCUT2D eigenvalue weighted by molar-refractivity contribution is 0.231. The highest BCUT2D eigenvalue weighted by atomic mass is 79.9. The molecule has 0 aromatic heterocycles. The first kappa shape index (κ1) is 9.89. The summed E-state index contributed by atoms with van der Waals surface area (Å²) < 4.78 is 1.23. The van der Waals surface area contributed by atoms with E-state index in [4.69, 9.17) is 0 Å². The van der Waals surface area contributed by atoms with Crippen LogP contribution in [0.3, 0.4) is 0 Å². The average Bonchev–Trinajstić information content (AvgIpc) is 2.47. The second kappa shape index (κ2) is 2.68. The van der Waals surface area contributed by atoms with E-state index < -0.39 is 0 Å². The smallest absolute Gasteiger partial charge is 0.0178 e. The molecule has 1 aromatic rings. The highest BCUT2D eigenvalue weighted by molar-refractivity contribution is 9.10. The zero-order valence-electron chi connectivity index (χ0n) is 9.60. The fourth-order valence-corrected chi connectivity index (χ4v) is 4.23. The minimum atomic E-state index is 0.410. The molecule has 0 aliphatic heterocycles. The molecule has 1 aromatic carbocycles. The summed E-state index contributed by atoms with van der Waals surface area (Å²) in [6.07, 6.45) is 2.73. The van der Waals surface area contributed by atoms with Gasteiger partial charge in [-0.05, 0) is 52.8 Å². The van der Waals surface area contributed by atoms with Crippen LogP contribution in [0.25, 0.3) is 0 Å². The SMILES string of the molecule is CC12CCC(c3cc(Br)ccc31)C2(C)C. The summed E-state index contributed by atoms with van der Waals surface area (Å²) in [5.41, 5.74) is 4.05. The van der Waals surface area contributed by atoms with Crippen molar-refractivity contribution >= 4 is 15.9 Å². The van der Waals surface area contributed by atoms with Crippen LogP contribution in [0.4, 0.5) is 0 Å². The molecular weight excluding hydrogens is 248 g/mol. The molecule has 2 aliphatic carbocycles. The maximum Gasteiger partial charge on any atom is 0.0178 e. The van der Waals surface area contributed by atoms with Gasteiger partial charge < -0.3 is 0 Å². The van der Waals surface area contributed by atoms with Gasteiger partial charge in [0.25, 0.3) is 0 Å². The van der Waals surface area contributed by atoms with Crippen molar-refractivity contribution < 1.29 is 0 Å². The molecule has 0 heterocycles. The van der Waals surface area contributed by atoms with E-state index in [1.54, 1.807) is 11.1 Å². The van der Waals surface area contributed by atoms with Gasteiger partial charge in [0.1, 0.15) is 0 Å². The van der Waals surface area contributed by atoms with Crippen LogP contribution in [0.1, 0.15) is 50.7 Å². The van der Waals surface area contributed by atoms with E-state index in [1.807, 2.05) is 0 Å². The molecule has 3 rings (SSSR count). The normalized spacial score (nSPS) is 35.6. The topological polar surface area (TPSA) is 0 Å². The summed E-state index contributed by atoms with van der Waals surface area (Å²) in [5, 5.41) is 0. The molecule has 1 saturated carbocycles. The molecule has 0 spiro atoms. The van der Waals surface area contributed by atoms with Gasteiger partial charge in [0, 0.05) is 4.47 Å². The Kier molecular flexibility index (Phi) is 1.77. The lowest BCUT2D eigenvalue weighted by Gasteiger charge is -2.35. The van der Waals surface area contributed by atoms with Crippen molar-refractivity contribution in [2.24, 2.45) is 5.41 Å². The van der Waals surface area contributed by atoms with Gasteiger partial charge >= 0.3 is 0 Å². The Morgan fingerprint density at radius 2 is 2.00 bits per heavy atom. The Labute approximate surface area is 100 Å². The maximum absolute atomic E-state index is 3.59. The molecule has 0 nitrogen and oxygen atoms in total. The van der Waals surface area contributed by atoms with Crippen molar-refractivity contribution in [2.75, 3.05) is 0 Å². The van der Waals surface area contributed by atoms with E-state index >= 15 is 0 Å². The van der Waals surface area contributed by atoms with E-state index in [-0.39, 0.29) is 0 Å². The number of fused-ring (bicyclic) bond motifs is 5. The van der Waals surface area contributed by atoms with Crippen LogP contribution < -0.4 is 0 Å². The summed E-state index contributed by atoms with van der Waals surface area (Å²) in [5.74, 6) is 0.773. The van der Waals surface area contributed by atoms with Crippen LogP contribution in [0.15, 0.2) is 22.7 Å². The van der Waals surface area contributed by atoms with Crippen LogP contribution in [-0.2, 0) is 5.41 Å². The molecule has 0 amide bonds. The van der Waals surface area contributed by atoms with E-state index in [1.165, 1.54) is 17.3 Å². The molecular formula is C14H17Br. The molecule has 15 heavy (non-hydrogen) atoms. The van der Waals surface area contributed by atoms with Gasteiger partial charge in [0.2, 0.25) is 0 Å². The van der Waals surface area contributed by atoms with Crippen LogP contribution in [-0.4, -0.2) is 0 Å². The highest BCUT2D eigenvalue weighted by Gasteiger charge is 2.58. The van der Waals surface area contributed by atoms with Gasteiger partial charge in [-0.15, -0.1) is 0 Å². The van der Waals surface area contributed by atoms with Crippen LogP contribution >= 0.6 is 15.9 Å². The third kappa shape index (κ3) is 0.982. The standard InChI is InChI=1S/C14H17Br/c1-13(2)11-6-7-14(13,3)12-5-4-9(15)8-10(11)12/h4-5,8,11H,6-7H2,1-3H3. The maximum atomic E-state index is 3.59. The lowest BCUT2D eigenvalue weighted by atomic mass is 9.69. The Morgan fingerprint density at radius 1 is 1.27 bits per heavy atom. The van der Waals surface area contributed by atoms with Crippen LogP contribution in [0.5, 0.6) is 0 Å². The first-order valence-electron chi connectivity index (χ1n) is 5.77.